The van der Waals surface area contributed by atoms with Crippen LogP contribution in [-0.2, 0) is 0 Å². The Bertz CT molecular complexity index is 718. The van der Waals surface area contributed by atoms with Gasteiger partial charge in [-0.25, -0.2) is 9.67 Å². The van der Waals surface area contributed by atoms with E-state index in [0.29, 0.717) is 5.95 Å². The summed E-state index contributed by atoms with van der Waals surface area (Å²) in [5.41, 5.74) is 3.10. The third-order valence-corrected chi connectivity index (χ3v) is 2.99. The lowest BCUT2D eigenvalue weighted by atomic mass is 10.1. The van der Waals surface area contributed by atoms with E-state index in [1.807, 2.05) is 43.6 Å². The SMILES string of the molecule is CNc1nc(C)cc(-n2cc(-c3ccccc3)cn2)n1. The van der Waals surface area contributed by atoms with Gasteiger partial charge in [-0.1, -0.05) is 30.3 Å². The van der Waals surface area contributed by atoms with Crippen LogP contribution < -0.4 is 5.32 Å². The Morgan fingerprint density at radius 3 is 2.60 bits per heavy atom. The monoisotopic (exact) mass is 265 g/mol. The molecule has 5 heteroatoms. The predicted molar refractivity (Wildman–Crippen MR) is 78.9 cm³/mol. The molecular formula is C15H15N5. The van der Waals surface area contributed by atoms with Gasteiger partial charge in [-0.05, 0) is 12.5 Å². The highest BCUT2D eigenvalue weighted by atomic mass is 15.3. The number of nitrogens with one attached hydrogen (secondary N) is 1. The van der Waals surface area contributed by atoms with Crippen molar-refractivity contribution in [1.82, 2.24) is 19.7 Å². The highest BCUT2D eigenvalue weighted by Gasteiger charge is 2.06. The average Bonchev–Trinajstić information content (AvgIpc) is 2.97. The summed E-state index contributed by atoms with van der Waals surface area (Å²) < 4.78 is 1.76. The number of aryl methyl sites for hydroxylation is 1. The van der Waals surface area contributed by atoms with Crippen molar-refractivity contribution in [3.8, 4) is 16.9 Å². The summed E-state index contributed by atoms with van der Waals surface area (Å²) in [4.78, 5) is 8.69. The molecule has 0 aliphatic carbocycles. The third-order valence-electron chi connectivity index (χ3n) is 2.99. The average molecular weight is 265 g/mol. The van der Waals surface area contributed by atoms with E-state index >= 15 is 0 Å². The first kappa shape index (κ1) is 12.3. The summed E-state index contributed by atoms with van der Waals surface area (Å²) in [5, 5.41) is 7.33. The van der Waals surface area contributed by atoms with Gasteiger partial charge in [-0.3, -0.25) is 0 Å². The Kier molecular flexibility index (Phi) is 3.16. The molecule has 20 heavy (non-hydrogen) atoms. The van der Waals surface area contributed by atoms with Gasteiger partial charge in [0.1, 0.15) is 0 Å². The van der Waals surface area contributed by atoms with E-state index in [2.05, 4.69) is 32.5 Å². The van der Waals surface area contributed by atoms with E-state index in [0.717, 1.165) is 22.6 Å². The van der Waals surface area contributed by atoms with Crippen molar-refractivity contribution in [2.75, 3.05) is 12.4 Å². The molecule has 0 saturated carbocycles. The zero-order chi connectivity index (χ0) is 13.9. The second-order valence-corrected chi connectivity index (χ2v) is 4.48. The first-order valence-electron chi connectivity index (χ1n) is 6.40. The maximum atomic E-state index is 4.41. The third kappa shape index (κ3) is 2.38. The highest BCUT2D eigenvalue weighted by molar-refractivity contribution is 5.61. The molecule has 0 aliphatic heterocycles. The number of nitrogens with zero attached hydrogens (tertiary/aromatic N) is 4. The standard InChI is InChI=1S/C15H15N5/c1-11-8-14(19-15(16-2)18-11)20-10-13(9-17-20)12-6-4-3-5-7-12/h3-10H,1-2H3,(H,16,18,19). The topological polar surface area (TPSA) is 55.6 Å². The van der Waals surface area contributed by atoms with E-state index in [1.165, 1.54) is 0 Å². The first-order chi connectivity index (χ1) is 9.76. The van der Waals surface area contributed by atoms with Crippen LogP contribution in [0.4, 0.5) is 5.95 Å². The van der Waals surface area contributed by atoms with E-state index < -0.39 is 0 Å². The Morgan fingerprint density at radius 1 is 1.05 bits per heavy atom. The van der Waals surface area contributed by atoms with Crippen LogP contribution in [0.1, 0.15) is 5.69 Å². The van der Waals surface area contributed by atoms with Crippen LogP contribution in [0.3, 0.4) is 0 Å². The van der Waals surface area contributed by atoms with Crippen LogP contribution in [0.25, 0.3) is 16.9 Å². The van der Waals surface area contributed by atoms with Gasteiger partial charge in [0.15, 0.2) is 5.82 Å². The van der Waals surface area contributed by atoms with Gasteiger partial charge in [-0.15, -0.1) is 0 Å². The molecule has 1 aromatic carbocycles. The Balaban J connectivity index is 2.00. The molecule has 2 heterocycles. The number of anilines is 1. The molecular weight excluding hydrogens is 250 g/mol. The van der Waals surface area contributed by atoms with E-state index in [-0.39, 0.29) is 0 Å². The van der Waals surface area contributed by atoms with Crippen LogP contribution in [0.2, 0.25) is 0 Å². The Labute approximate surface area is 117 Å². The molecule has 5 nitrogen and oxygen atoms in total. The summed E-state index contributed by atoms with van der Waals surface area (Å²) in [6.45, 7) is 1.94. The fourth-order valence-electron chi connectivity index (χ4n) is 2.01. The van der Waals surface area contributed by atoms with Gasteiger partial charge in [0.2, 0.25) is 5.95 Å². The first-order valence-corrected chi connectivity index (χ1v) is 6.40. The molecule has 0 radical (unpaired) electrons. The largest absolute Gasteiger partial charge is 0.357 e. The number of rotatable bonds is 3. The van der Waals surface area contributed by atoms with Gasteiger partial charge in [0.25, 0.3) is 0 Å². The molecule has 2 aromatic heterocycles. The number of aromatic nitrogens is 4. The van der Waals surface area contributed by atoms with Gasteiger partial charge in [-0.2, -0.15) is 10.1 Å². The molecule has 0 atom stereocenters. The van der Waals surface area contributed by atoms with Crippen molar-refractivity contribution in [2.45, 2.75) is 6.92 Å². The molecule has 0 fully saturated rings. The second-order valence-electron chi connectivity index (χ2n) is 4.48. The zero-order valence-electron chi connectivity index (χ0n) is 11.4. The van der Waals surface area contributed by atoms with Crippen molar-refractivity contribution in [3.63, 3.8) is 0 Å². The van der Waals surface area contributed by atoms with Crippen LogP contribution in [-0.4, -0.2) is 26.8 Å². The number of benzene rings is 1. The van der Waals surface area contributed by atoms with Crippen LogP contribution in [0, 0.1) is 6.92 Å². The quantitative estimate of drug-likeness (QED) is 0.791. The lowest BCUT2D eigenvalue weighted by Crippen LogP contribution is -2.04. The summed E-state index contributed by atoms with van der Waals surface area (Å²) in [6, 6.07) is 12.1. The molecule has 0 amide bonds. The molecule has 3 aromatic rings. The predicted octanol–water partition coefficient (Wildman–Crippen LogP) is 2.68. The Hall–Kier alpha value is -2.69. The van der Waals surface area contributed by atoms with Crippen molar-refractivity contribution < 1.29 is 0 Å². The van der Waals surface area contributed by atoms with Crippen LogP contribution in [0.15, 0.2) is 48.8 Å². The van der Waals surface area contributed by atoms with Crippen molar-refractivity contribution in [1.29, 1.82) is 0 Å². The lowest BCUT2D eigenvalue weighted by Gasteiger charge is -2.04. The summed E-state index contributed by atoms with van der Waals surface area (Å²) in [6.07, 6.45) is 3.81. The molecule has 3 rings (SSSR count). The highest BCUT2D eigenvalue weighted by Crippen LogP contribution is 2.19. The molecule has 0 unspecified atom stereocenters. The summed E-state index contributed by atoms with van der Waals surface area (Å²) >= 11 is 0. The Morgan fingerprint density at radius 2 is 1.85 bits per heavy atom. The maximum absolute atomic E-state index is 4.41. The van der Waals surface area contributed by atoms with Crippen LogP contribution >= 0.6 is 0 Å². The van der Waals surface area contributed by atoms with Crippen molar-refractivity contribution >= 4 is 5.95 Å². The van der Waals surface area contributed by atoms with E-state index in [4.69, 9.17) is 0 Å². The fourth-order valence-corrected chi connectivity index (χ4v) is 2.01. The molecule has 1 N–H and O–H groups in total. The smallest absolute Gasteiger partial charge is 0.224 e. The maximum Gasteiger partial charge on any atom is 0.224 e. The summed E-state index contributed by atoms with van der Waals surface area (Å²) in [7, 11) is 1.80. The van der Waals surface area contributed by atoms with E-state index in [1.54, 1.807) is 11.7 Å². The molecule has 100 valence electrons. The minimum Gasteiger partial charge on any atom is -0.357 e. The molecule has 0 saturated heterocycles. The normalized spacial score (nSPS) is 10.5. The zero-order valence-corrected chi connectivity index (χ0v) is 11.4. The molecule has 0 aliphatic rings. The van der Waals surface area contributed by atoms with Gasteiger partial charge in [0, 0.05) is 30.6 Å². The molecule has 0 spiro atoms. The van der Waals surface area contributed by atoms with Crippen LogP contribution in [0.5, 0.6) is 0 Å². The lowest BCUT2D eigenvalue weighted by molar-refractivity contribution is 0.837. The van der Waals surface area contributed by atoms with Crippen molar-refractivity contribution in [3.05, 3.63) is 54.5 Å². The minimum atomic E-state index is 0.594. The van der Waals surface area contributed by atoms with E-state index in [9.17, 15) is 0 Å². The van der Waals surface area contributed by atoms with Gasteiger partial charge in [0.05, 0.1) is 6.20 Å². The second kappa shape index (κ2) is 5.13. The fraction of sp³-hybridized carbons (Fsp3) is 0.133. The summed E-state index contributed by atoms with van der Waals surface area (Å²) in [5.74, 6) is 1.35. The number of hydrogen-bond donors (Lipinski definition) is 1. The van der Waals surface area contributed by atoms with Gasteiger partial charge < -0.3 is 5.32 Å². The minimum absolute atomic E-state index is 0.594. The molecule has 0 bridgehead atoms. The van der Waals surface area contributed by atoms with Crippen molar-refractivity contribution in [2.24, 2.45) is 0 Å². The number of hydrogen-bond acceptors (Lipinski definition) is 4. The van der Waals surface area contributed by atoms with Gasteiger partial charge >= 0.3 is 0 Å².